The van der Waals surface area contributed by atoms with Crippen molar-refractivity contribution in [3.05, 3.63) is 54.1 Å². The van der Waals surface area contributed by atoms with Crippen LogP contribution in [0.2, 0.25) is 0 Å². The van der Waals surface area contributed by atoms with Gasteiger partial charge in [0.25, 0.3) is 0 Å². The minimum absolute atomic E-state index is 0.327. The Morgan fingerprint density at radius 1 is 1.00 bits per heavy atom. The van der Waals surface area contributed by atoms with Gasteiger partial charge < -0.3 is 9.64 Å². The van der Waals surface area contributed by atoms with Gasteiger partial charge in [0.15, 0.2) is 0 Å². The summed E-state index contributed by atoms with van der Waals surface area (Å²) in [5.74, 6) is 1.04. The van der Waals surface area contributed by atoms with Crippen LogP contribution in [0.15, 0.2) is 48.5 Å². The number of aryl methyl sites for hydroxylation is 1. The molecule has 2 aromatic rings. The standard InChI is InChI=1S/C19H21NO/c1-14-11-12-17-19(13-14)21-18-10-6-5-9-16(18)20(17)15-7-3-2-4-8-15/h2-4,7-8,11-13,16,18H,5-6,9-10H2,1H3. The van der Waals surface area contributed by atoms with Crippen LogP contribution >= 0.6 is 0 Å². The first-order valence-corrected chi connectivity index (χ1v) is 7.94. The van der Waals surface area contributed by atoms with E-state index in [0.29, 0.717) is 12.1 Å². The summed E-state index contributed by atoms with van der Waals surface area (Å²) in [7, 11) is 0. The predicted molar refractivity (Wildman–Crippen MR) is 86.4 cm³/mol. The Hall–Kier alpha value is -1.96. The molecular weight excluding hydrogens is 258 g/mol. The van der Waals surface area contributed by atoms with E-state index in [0.717, 1.165) is 5.75 Å². The summed E-state index contributed by atoms with van der Waals surface area (Å²) in [5.41, 5.74) is 3.76. The number of fused-ring (bicyclic) bond motifs is 2. The number of nitrogens with zero attached hydrogens (tertiary/aromatic N) is 1. The third-order valence-corrected chi connectivity index (χ3v) is 4.69. The number of rotatable bonds is 1. The number of benzene rings is 2. The van der Waals surface area contributed by atoms with Crippen LogP contribution in [0, 0.1) is 6.92 Å². The van der Waals surface area contributed by atoms with Gasteiger partial charge in [-0.1, -0.05) is 30.7 Å². The quantitative estimate of drug-likeness (QED) is 0.741. The van der Waals surface area contributed by atoms with Gasteiger partial charge in [-0.15, -0.1) is 0 Å². The van der Waals surface area contributed by atoms with Crippen LogP contribution in [0.4, 0.5) is 11.4 Å². The fourth-order valence-electron chi connectivity index (χ4n) is 3.69. The van der Waals surface area contributed by atoms with Crippen molar-refractivity contribution >= 4 is 11.4 Å². The molecule has 2 nitrogen and oxygen atoms in total. The van der Waals surface area contributed by atoms with Crippen LogP contribution in [0.25, 0.3) is 0 Å². The maximum atomic E-state index is 6.33. The zero-order valence-electron chi connectivity index (χ0n) is 12.5. The lowest BCUT2D eigenvalue weighted by atomic mass is 9.89. The Labute approximate surface area is 126 Å². The molecule has 1 aliphatic heterocycles. The number of para-hydroxylation sites is 1. The highest BCUT2D eigenvalue weighted by molar-refractivity contribution is 5.72. The van der Waals surface area contributed by atoms with Gasteiger partial charge in [-0.2, -0.15) is 0 Å². The highest BCUT2D eigenvalue weighted by Gasteiger charge is 2.38. The van der Waals surface area contributed by atoms with Crippen LogP contribution in [0.1, 0.15) is 31.2 Å². The van der Waals surface area contributed by atoms with Crippen LogP contribution in [0.5, 0.6) is 5.75 Å². The molecule has 4 rings (SSSR count). The minimum Gasteiger partial charge on any atom is -0.486 e. The molecule has 2 heteroatoms. The van der Waals surface area contributed by atoms with Crippen molar-refractivity contribution in [2.75, 3.05) is 4.90 Å². The van der Waals surface area contributed by atoms with Crippen LogP contribution in [-0.4, -0.2) is 12.1 Å². The zero-order chi connectivity index (χ0) is 14.2. The van der Waals surface area contributed by atoms with E-state index in [1.807, 2.05) is 0 Å². The maximum Gasteiger partial charge on any atom is 0.143 e. The van der Waals surface area contributed by atoms with E-state index in [1.54, 1.807) is 0 Å². The number of hydrogen-bond acceptors (Lipinski definition) is 2. The summed E-state index contributed by atoms with van der Waals surface area (Å²) in [6.07, 6.45) is 5.29. The third kappa shape index (κ3) is 2.19. The van der Waals surface area contributed by atoms with Gasteiger partial charge in [-0.3, -0.25) is 0 Å². The molecule has 0 spiro atoms. The van der Waals surface area contributed by atoms with Crippen molar-refractivity contribution in [2.24, 2.45) is 0 Å². The van der Waals surface area contributed by atoms with Gasteiger partial charge in [0, 0.05) is 5.69 Å². The summed E-state index contributed by atoms with van der Waals surface area (Å²) in [5, 5.41) is 0. The molecule has 1 saturated carbocycles. The molecule has 0 aromatic heterocycles. The van der Waals surface area contributed by atoms with Gasteiger partial charge in [-0.05, 0) is 56.0 Å². The van der Waals surface area contributed by atoms with Gasteiger partial charge in [0.2, 0.25) is 0 Å². The Morgan fingerprint density at radius 3 is 2.67 bits per heavy atom. The Bertz CT molecular complexity index is 637. The average Bonchev–Trinajstić information content (AvgIpc) is 2.53. The largest absolute Gasteiger partial charge is 0.486 e. The first-order valence-electron chi connectivity index (χ1n) is 7.94. The van der Waals surface area contributed by atoms with Gasteiger partial charge in [0.05, 0.1) is 11.7 Å². The van der Waals surface area contributed by atoms with Gasteiger partial charge >= 0.3 is 0 Å². The first kappa shape index (κ1) is 12.8. The van der Waals surface area contributed by atoms with Crippen molar-refractivity contribution in [1.29, 1.82) is 0 Å². The van der Waals surface area contributed by atoms with E-state index in [4.69, 9.17) is 4.74 Å². The van der Waals surface area contributed by atoms with Crippen molar-refractivity contribution in [3.63, 3.8) is 0 Å². The lowest BCUT2D eigenvalue weighted by molar-refractivity contribution is 0.120. The Kier molecular flexibility index (Phi) is 3.10. The molecule has 2 atom stereocenters. The van der Waals surface area contributed by atoms with Crippen LogP contribution in [-0.2, 0) is 0 Å². The molecule has 21 heavy (non-hydrogen) atoms. The van der Waals surface area contributed by atoms with Crippen molar-refractivity contribution in [2.45, 2.75) is 44.8 Å². The fourth-order valence-corrected chi connectivity index (χ4v) is 3.69. The molecule has 2 aliphatic rings. The van der Waals surface area contributed by atoms with E-state index in [1.165, 1.54) is 42.6 Å². The summed E-state index contributed by atoms with van der Waals surface area (Å²) < 4.78 is 6.33. The van der Waals surface area contributed by atoms with Crippen molar-refractivity contribution in [1.82, 2.24) is 0 Å². The van der Waals surface area contributed by atoms with Crippen LogP contribution in [0.3, 0.4) is 0 Å². The molecule has 1 aliphatic carbocycles. The molecule has 1 heterocycles. The molecule has 108 valence electrons. The summed E-state index contributed by atoms with van der Waals surface area (Å²) in [6.45, 7) is 2.13. The average molecular weight is 279 g/mol. The first-order chi connectivity index (χ1) is 10.3. The smallest absolute Gasteiger partial charge is 0.143 e. The maximum absolute atomic E-state index is 6.33. The van der Waals surface area contributed by atoms with E-state index in [2.05, 4.69) is 60.4 Å². The normalized spacial score (nSPS) is 24.0. The van der Waals surface area contributed by atoms with E-state index >= 15 is 0 Å². The van der Waals surface area contributed by atoms with Crippen molar-refractivity contribution < 1.29 is 4.74 Å². The molecule has 0 radical (unpaired) electrons. The molecular formula is C19H21NO. The SMILES string of the molecule is Cc1ccc2c(c1)OC1CCCCC1N2c1ccccc1. The second kappa shape index (κ2) is 5.10. The lowest BCUT2D eigenvalue weighted by Crippen LogP contribution is -2.49. The lowest BCUT2D eigenvalue weighted by Gasteiger charge is -2.45. The second-order valence-corrected chi connectivity index (χ2v) is 6.18. The highest BCUT2D eigenvalue weighted by atomic mass is 16.5. The highest BCUT2D eigenvalue weighted by Crippen LogP contribution is 2.45. The van der Waals surface area contributed by atoms with Gasteiger partial charge in [-0.25, -0.2) is 0 Å². The molecule has 0 bridgehead atoms. The molecule has 2 aromatic carbocycles. The van der Waals surface area contributed by atoms with Crippen molar-refractivity contribution in [3.8, 4) is 5.75 Å². The Morgan fingerprint density at radius 2 is 1.81 bits per heavy atom. The molecule has 0 N–H and O–H groups in total. The molecule has 0 saturated heterocycles. The zero-order valence-corrected chi connectivity index (χ0v) is 12.5. The topological polar surface area (TPSA) is 12.5 Å². The van der Waals surface area contributed by atoms with Crippen LogP contribution < -0.4 is 9.64 Å². The number of hydrogen-bond donors (Lipinski definition) is 0. The molecule has 2 unspecified atom stereocenters. The summed E-state index contributed by atoms with van der Waals surface area (Å²) >= 11 is 0. The van der Waals surface area contributed by atoms with E-state index in [-0.39, 0.29) is 0 Å². The Balaban J connectivity index is 1.85. The molecule has 0 amide bonds. The summed E-state index contributed by atoms with van der Waals surface area (Å²) in [4.78, 5) is 2.50. The van der Waals surface area contributed by atoms with E-state index in [9.17, 15) is 0 Å². The van der Waals surface area contributed by atoms with E-state index < -0.39 is 0 Å². The monoisotopic (exact) mass is 279 g/mol. The number of anilines is 2. The fraction of sp³-hybridized carbons (Fsp3) is 0.368. The second-order valence-electron chi connectivity index (χ2n) is 6.18. The number of ether oxygens (including phenoxy) is 1. The molecule has 1 fully saturated rings. The van der Waals surface area contributed by atoms with Gasteiger partial charge in [0.1, 0.15) is 11.9 Å². The summed E-state index contributed by atoms with van der Waals surface area (Å²) in [6, 6.07) is 17.8. The predicted octanol–water partition coefficient (Wildman–Crippen LogP) is 4.84. The third-order valence-electron chi connectivity index (χ3n) is 4.69. The minimum atomic E-state index is 0.327.